The predicted molar refractivity (Wildman–Crippen MR) is 89.3 cm³/mol. The normalized spacial score (nSPS) is 10.7. The maximum Gasteiger partial charge on any atom is 0.193 e. The molecular formula is C20H24O. The number of hydrogen-bond acceptors (Lipinski definition) is 1. The van der Waals surface area contributed by atoms with Crippen LogP contribution in [0.3, 0.4) is 0 Å². The first kappa shape index (κ1) is 15.5. The van der Waals surface area contributed by atoms with Crippen molar-refractivity contribution in [3.63, 3.8) is 0 Å². The van der Waals surface area contributed by atoms with Crippen LogP contribution in [-0.4, -0.2) is 5.78 Å². The van der Waals surface area contributed by atoms with Crippen LogP contribution in [-0.2, 0) is 12.8 Å². The summed E-state index contributed by atoms with van der Waals surface area (Å²) in [6.07, 6.45) is 1.98. The summed E-state index contributed by atoms with van der Waals surface area (Å²) in [7, 11) is 0. The molecule has 2 rings (SSSR count). The van der Waals surface area contributed by atoms with Gasteiger partial charge in [-0.05, 0) is 61.9 Å². The molecule has 0 spiro atoms. The monoisotopic (exact) mass is 280 g/mol. The lowest BCUT2D eigenvalue weighted by Crippen LogP contribution is -2.08. The average Bonchev–Trinajstić information content (AvgIpc) is 2.45. The van der Waals surface area contributed by atoms with Crippen LogP contribution in [0.25, 0.3) is 0 Å². The van der Waals surface area contributed by atoms with E-state index >= 15 is 0 Å². The van der Waals surface area contributed by atoms with Gasteiger partial charge in [-0.1, -0.05) is 43.7 Å². The van der Waals surface area contributed by atoms with Crippen LogP contribution < -0.4 is 0 Å². The van der Waals surface area contributed by atoms with E-state index < -0.39 is 0 Å². The molecule has 0 saturated carbocycles. The van der Waals surface area contributed by atoms with E-state index in [1.54, 1.807) is 0 Å². The number of hydrogen-bond donors (Lipinski definition) is 0. The van der Waals surface area contributed by atoms with Gasteiger partial charge in [0.2, 0.25) is 0 Å². The van der Waals surface area contributed by atoms with Gasteiger partial charge in [0.05, 0.1) is 0 Å². The molecule has 0 aliphatic heterocycles. The molecule has 21 heavy (non-hydrogen) atoms. The second kappa shape index (κ2) is 6.26. The Morgan fingerprint density at radius 2 is 1.43 bits per heavy atom. The fraction of sp³-hybridized carbons (Fsp3) is 0.350. The summed E-state index contributed by atoms with van der Waals surface area (Å²) in [6, 6.07) is 10.3. The SMILES string of the molecule is CCc1ccc(C(=O)c2c(C)cc(C)cc2C)cc1CC. The molecule has 0 aliphatic carbocycles. The molecule has 0 fully saturated rings. The van der Waals surface area contributed by atoms with E-state index in [1.165, 1.54) is 16.7 Å². The number of rotatable bonds is 4. The van der Waals surface area contributed by atoms with E-state index in [0.29, 0.717) is 0 Å². The first-order valence-corrected chi connectivity index (χ1v) is 7.72. The molecule has 1 nitrogen and oxygen atoms in total. The lowest BCUT2D eigenvalue weighted by molar-refractivity contribution is 0.103. The molecule has 1 heteroatoms. The van der Waals surface area contributed by atoms with Crippen molar-refractivity contribution in [1.29, 1.82) is 0 Å². The molecule has 0 N–H and O–H groups in total. The van der Waals surface area contributed by atoms with Gasteiger partial charge in [-0.2, -0.15) is 0 Å². The maximum atomic E-state index is 12.9. The van der Waals surface area contributed by atoms with Crippen LogP contribution in [0.15, 0.2) is 30.3 Å². The minimum absolute atomic E-state index is 0.141. The van der Waals surface area contributed by atoms with Crippen molar-refractivity contribution in [2.45, 2.75) is 47.5 Å². The van der Waals surface area contributed by atoms with Crippen LogP contribution in [0.1, 0.15) is 57.6 Å². The van der Waals surface area contributed by atoms with Gasteiger partial charge in [0.25, 0.3) is 0 Å². The zero-order valence-corrected chi connectivity index (χ0v) is 13.7. The van der Waals surface area contributed by atoms with Crippen molar-refractivity contribution >= 4 is 5.78 Å². The third-order valence-corrected chi connectivity index (χ3v) is 4.13. The van der Waals surface area contributed by atoms with Crippen molar-refractivity contribution in [3.05, 3.63) is 69.3 Å². The highest BCUT2D eigenvalue weighted by atomic mass is 16.1. The summed E-state index contributed by atoms with van der Waals surface area (Å²) in [5.74, 6) is 0.141. The molecule has 110 valence electrons. The summed E-state index contributed by atoms with van der Waals surface area (Å²) >= 11 is 0. The van der Waals surface area contributed by atoms with Crippen molar-refractivity contribution < 1.29 is 4.79 Å². The van der Waals surface area contributed by atoms with E-state index in [1.807, 2.05) is 19.9 Å². The lowest BCUT2D eigenvalue weighted by Gasteiger charge is -2.12. The summed E-state index contributed by atoms with van der Waals surface area (Å²) in [4.78, 5) is 12.9. The zero-order chi connectivity index (χ0) is 15.6. The molecule has 0 radical (unpaired) electrons. The van der Waals surface area contributed by atoms with Gasteiger partial charge in [-0.25, -0.2) is 0 Å². The molecule has 0 atom stereocenters. The Balaban J connectivity index is 2.50. The molecule has 0 aromatic heterocycles. The number of benzene rings is 2. The highest BCUT2D eigenvalue weighted by Gasteiger charge is 2.16. The largest absolute Gasteiger partial charge is 0.289 e. The van der Waals surface area contributed by atoms with Crippen LogP contribution in [0.2, 0.25) is 0 Å². The molecule has 0 amide bonds. The predicted octanol–water partition coefficient (Wildman–Crippen LogP) is 4.97. The Morgan fingerprint density at radius 1 is 0.857 bits per heavy atom. The third-order valence-electron chi connectivity index (χ3n) is 4.13. The van der Waals surface area contributed by atoms with Crippen LogP contribution in [0, 0.1) is 20.8 Å². The Hall–Kier alpha value is -1.89. The topological polar surface area (TPSA) is 17.1 Å². The van der Waals surface area contributed by atoms with E-state index in [0.717, 1.165) is 35.1 Å². The van der Waals surface area contributed by atoms with E-state index in [-0.39, 0.29) is 5.78 Å². The molecule has 2 aromatic rings. The third kappa shape index (κ3) is 3.07. The highest BCUT2D eigenvalue weighted by Crippen LogP contribution is 2.22. The van der Waals surface area contributed by atoms with Gasteiger partial charge in [-0.15, -0.1) is 0 Å². The Bertz CT molecular complexity index is 657. The Morgan fingerprint density at radius 3 is 1.95 bits per heavy atom. The van der Waals surface area contributed by atoms with Gasteiger partial charge >= 0.3 is 0 Å². The molecule has 0 aliphatic rings. The smallest absolute Gasteiger partial charge is 0.193 e. The first-order valence-electron chi connectivity index (χ1n) is 7.72. The van der Waals surface area contributed by atoms with E-state index in [9.17, 15) is 4.79 Å². The van der Waals surface area contributed by atoms with Gasteiger partial charge in [0.1, 0.15) is 0 Å². The summed E-state index contributed by atoms with van der Waals surface area (Å²) < 4.78 is 0. The van der Waals surface area contributed by atoms with Gasteiger partial charge in [0.15, 0.2) is 5.78 Å². The van der Waals surface area contributed by atoms with Crippen LogP contribution >= 0.6 is 0 Å². The molecule has 0 bridgehead atoms. The second-order valence-electron chi connectivity index (χ2n) is 5.79. The van der Waals surface area contributed by atoms with E-state index in [2.05, 4.69) is 45.0 Å². The minimum Gasteiger partial charge on any atom is -0.289 e. The molecule has 0 heterocycles. The van der Waals surface area contributed by atoms with Crippen molar-refractivity contribution in [3.8, 4) is 0 Å². The summed E-state index contributed by atoms with van der Waals surface area (Å²) in [5, 5.41) is 0. The molecule has 2 aromatic carbocycles. The second-order valence-corrected chi connectivity index (χ2v) is 5.79. The molecule has 0 unspecified atom stereocenters. The van der Waals surface area contributed by atoms with E-state index in [4.69, 9.17) is 0 Å². The first-order chi connectivity index (χ1) is 9.97. The van der Waals surface area contributed by atoms with Crippen molar-refractivity contribution in [1.82, 2.24) is 0 Å². The summed E-state index contributed by atoms with van der Waals surface area (Å²) in [6.45, 7) is 10.4. The molecular weight excluding hydrogens is 256 g/mol. The lowest BCUT2D eigenvalue weighted by atomic mass is 9.91. The van der Waals surface area contributed by atoms with Gasteiger partial charge in [0, 0.05) is 11.1 Å². The average molecular weight is 280 g/mol. The van der Waals surface area contributed by atoms with Gasteiger partial charge in [-0.3, -0.25) is 4.79 Å². The number of ketones is 1. The van der Waals surface area contributed by atoms with Crippen LogP contribution in [0.5, 0.6) is 0 Å². The highest BCUT2D eigenvalue weighted by molar-refractivity contribution is 6.11. The number of carbonyl (C=O) groups is 1. The van der Waals surface area contributed by atoms with Crippen molar-refractivity contribution in [2.24, 2.45) is 0 Å². The van der Waals surface area contributed by atoms with Crippen molar-refractivity contribution in [2.75, 3.05) is 0 Å². The number of aryl methyl sites for hydroxylation is 5. The maximum absolute atomic E-state index is 12.9. The van der Waals surface area contributed by atoms with Gasteiger partial charge < -0.3 is 0 Å². The quantitative estimate of drug-likeness (QED) is 0.723. The Kier molecular flexibility index (Phi) is 4.62. The Labute approximate surface area is 128 Å². The fourth-order valence-corrected chi connectivity index (χ4v) is 3.12. The number of carbonyl (C=O) groups excluding carboxylic acids is 1. The fourth-order valence-electron chi connectivity index (χ4n) is 3.12. The summed E-state index contributed by atoms with van der Waals surface area (Å²) in [5.41, 5.74) is 7.62. The minimum atomic E-state index is 0.141. The van der Waals surface area contributed by atoms with Crippen LogP contribution in [0.4, 0.5) is 0 Å². The zero-order valence-electron chi connectivity index (χ0n) is 13.7. The standard InChI is InChI=1S/C20H24O/c1-6-16-8-9-18(12-17(16)7-2)20(21)19-14(4)10-13(3)11-15(19)5/h8-12H,6-7H2,1-5H3. The molecule has 0 saturated heterocycles.